The summed E-state index contributed by atoms with van der Waals surface area (Å²) in [6, 6.07) is 16.6. The van der Waals surface area contributed by atoms with Gasteiger partial charge in [0.2, 0.25) is 0 Å². The highest BCUT2D eigenvalue weighted by molar-refractivity contribution is 9.10. The topological polar surface area (TPSA) is 115 Å². The zero-order valence-electron chi connectivity index (χ0n) is 18.6. The Morgan fingerprint density at radius 3 is 2.56 bits per heavy atom. The number of urea groups is 1. The number of para-hydroxylation sites is 1. The predicted octanol–water partition coefficient (Wildman–Crippen LogP) is 5.80. The number of aryl methyl sites for hydroxylation is 1. The first-order chi connectivity index (χ1) is 16.4. The van der Waals surface area contributed by atoms with E-state index in [0.29, 0.717) is 33.8 Å². The van der Waals surface area contributed by atoms with Crippen molar-refractivity contribution in [3.8, 4) is 11.5 Å². The lowest BCUT2D eigenvalue weighted by Gasteiger charge is -2.14. The molecule has 2 amide bonds. The van der Waals surface area contributed by atoms with E-state index in [4.69, 9.17) is 9.47 Å². The van der Waals surface area contributed by atoms with Gasteiger partial charge in [-0.05, 0) is 76.8 Å². The van der Waals surface area contributed by atoms with E-state index in [1.165, 1.54) is 18.3 Å². The molecule has 0 aliphatic carbocycles. The number of nitro groups is 1. The number of nitrogens with zero attached hydrogens (tertiary/aromatic N) is 2. The van der Waals surface area contributed by atoms with Gasteiger partial charge in [-0.1, -0.05) is 18.2 Å². The highest BCUT2D eigenvalue weighted by atomic mass is 79.9. The van der Waals surface area contributed by atoms with Crippen LogP contribution in [-0.4, -0.2) is 23.8 Å². The summed E-state index contributed by atoms with van der Waals surface area (Å²) >= 11 is 3.49. The summed E-state index contributed by atoms with van der Waals surface area (Å²) in [5.41, 5.74) is 5.54. The molecular weight excluding hydrogens is 504 g/mol. The fourth-order valence-corrected chi connectivity index (χ4v) is 3.54. The number of carbonyl (C=O) groups excluding carboxylic acids is 1. The maximum Gasteiger partial charge on any atom is 0.339 e. The van der Waals surface area contributed by atoms with Crippen molar-refractivity contribution in [2.45, 2.75) is 20.5 Å². The number of anilines is 1. The fourth-order valence-electron chi connectivity index (χ4n) is 2.96. The molecule has 0 atom stereocenters. The summed E-state index contributed by atoms with van der Waals surface area (Å²) in [4.78, 5) is 22.5. The molecule has 0 fully saturated rings. The molecule has 0 aliphatic heterocycles. The molecule has 2 N–H and O–H groups in total. The first-order valence-corrected chi connectivity index (χ1v) is 11.1. The van der Waals surface area contributed by atoms with E-state index >= 15 is 0 Å². The molecule has 3 aromatic carbocycles. The molecule has 176 valence electrons. The lowest BCUT2D eigenvalue weighted by atomic mass is 10.2. The first kappa shape index (κ1) is 24.7. The van der Waals surface area contributed by atoms with Crippen LogP contribution in [-0.2, 0) is 6.61 Å². The molecule has 3 aromatic rings. The molecule has 10 heteroatoms. The highest BCUT2D eigenvalue weighted by Crippen LogP contribution is 2.37. The van der Waals surface area contributed by atoms with Crippen LogP contribution in [0.2, 0.25) is 0 Å². The van der Waals surface area contributed by atoms with Gasteiger partial charge in [0, 0.05) is 17.8 Å². The third-order valence-electron chi connectivity index (χ3n) is 4.64. The van der Waals surface area contributed by atoms with Crippen LogP contribution in [0.4, 0.5) is 16.2 Å². The number of hydrogen-bond donors (Lipinski definition) is 2. The number of halogens is 1. The van der Waals surface area contributed by atoms with Gasteiger partial charge < -0.3 is 14.8 Å². The van der Waals surface area contributed by atoms with Crippen LogP contribution in [0.15, 0.2) is 70.2 Å². The third-order valence-corrected chi connectivity index (χ3v) is 5.22. The van der Waals surface area contributed by atoms with Crippen LogP contribution < -0.4 is 20.2 Å². The van der Waals surface area contributed by atoms with Crippen molar-refractivity contribution in [1.82, 2.24) is 5.43 Å². The van der Waals surface area contributed by atoms with E-state index in [-0.39, 0.29) is 12.3 Å². The Kier molecular flexibility index (Phi) is 8.58. The molecule has 0 saturated carbocycles. The standard InChI is InChI=1S/C24H23BrN4O5/c1-3-33-22-13-18(14-26-28-24(30)27-21-7-5-4-6-16(21)2)12-20(25)23(22)34-15-17-8-10-19(11-9-17)29(31)32/h4-14H,3,15H2,1-2H3,(H2,27,28,30). The second-order valence-electron chi connectivity index (χ2n) is 7.11. The number of benzene rings is 3. The van der Waals surface area contributed by atoms with Gasteiger partial charge in [-0.3, -0.25) is 10.1 Å². The van der Waals surface area contributed by atoms with E-state index in [2.05, 4.69) is 31.8 Å². The van der Waals surface area contributed by atoms with Crippen LogP contribution >= 0.6 is 15.9 Å². The first-order valence-electron chi connectivity index (χ1n) is 10.4. The van der Waals surface area contributed by atoms with E-state index in [1.54, 1.807) is 30.3 Å². The molecule has 0 unspecified atom stereocenters. The molecule has 0 radical (unpaired) electrons. The SMILES string of the molecule is CCOc1cc(C=NNC(=O)Nc2ccccc2C)cc(Br)c1OCc1ccc([N+](=O)[O-])cc1. The van der Waals surface area contributed by atoms with Gasteiger partial charge in [0.1, 0.15) is 6.61 Å². The summed E-state index contributed by atoms with van der Waals surface area (Å²) in [5, 5.41) is 17.5. The summed E-state index contributed by atoms with van der Waals surface area (Å²) in [6.45, 7) is 4.37. The smallest absolute Gasteiger partial charge is 0.339 e. The maximum absolute atomic E-state index is 12.1. The van der Waals surface area contributed by atoms with Crippen LogP contribution in [0.3, 0.4) is 0 Å². The zero-order valence-corrected chi connectivity index (χ0v) is 20.2. The van der Waals surface area contributed by atoms with Crippen molar-refractivity contribution in [3.05, 3.63) is 91.9 Å². The second-order valence-corrected chi connectivity index (χ2v) is 7.97. The van der Waals surface area contributed by atoms with Crippen molar-refractivity contribution in [2.24, 2.45) is 5.10 Å². The number of carbonyl (C=O) groups is 1. The van der Waals surface area contributed by atoms with Crippen molar-refractivity contribution in [3.63, 3.8) is 0 Å². The second kappa shape index (κ2) is 11.8. The van der Waals surface area contributed by atoms with E-state index in [1.807, 2.05) is 32.0 Å². The molecule has 3 rings (SSSR count). The van der Waals surface area contributed by atoms with Gasteiger partial charge in [-0.15, -0.1) is 0 Å². The number of rotatable bonds is 9. The summed E-state index contributed by atoms with van der Waals surface area (Å²) in [5.74, 6) is 0.979. The monoisotopic (exact) mass is 526 g/mol. The van der Waals surface area contributed by atoms with Gasteiger partial charge in [0.05, 0.1) is 22.2 Å². The van der Waals surface area contributed by atoms with Crippen LogP contribution in [0, 0.1) is 17.0 Å². The normalized spacial score (nSPS) is 10.7. The van der Waals surface area contributed by atoms with E-state index in [0.717, 1.165) is 11.1 Å². The largest absolute Gasteiger partial charge is 0.490 e. The Hall–Kier alpha value is -3.92. The van der Waals surface area contributed by atoms with Gasteiger partial charge >= 0.3 is 6.03 Å². The fraction of sp³-hybridized carbons (Fsp3) is 0.167. The third kappa shape index (κ3) is 6.79. The Labute approximate surface area is 205 Å². The Balaban J connectivity index is 1.66. The molecule has 0 aliphatic rings. The number of nitrogens with one attached hydrogen (secondary N) is 2. The minimum Gasteiger partial charge on any atom is -0.490 e. The van der Waals surface area contributed by atoms with Crippen molar-refractivity contribution in [2.75, 3.05) is 11.9 Å². The van der Waals surface area contributed by atoms with Gasteiger partial charge in [0.15, 0.2) is 11.5 Å². The molecule has 0 aromatic heterocycles. The Morgan fingerprint density at radius 2 is 1.88 bits per heavy atom. The average molecular weight is 527 g/mol. The molecule has 34 heavy (non-hydrogen) atoms. The number of nitro benzene ring substituents is 1. The van der Waals surface area contributed by atoms with Gasteiger partial charge in [0.25, 0.3) is 5.69 Å². The van der Waals surface area contributed by atoms with Crippen LogP contribution in [0.5, 0.6) is 11.5 Å². The van der Waals surface area contributed by atoms with Gasteiger partial charge in [-0.2, -0.15) is 5.10 Å². The van der Waals surface area contributed by atoms with E-state index < -0.39 is 11.0 Å². The quantitative estimate of drug-likeness (QED) is 0.207. The summed E-state index contributed by atoms with van der Waals surface area (Å²) in [7, 11) is 0. The predicted molar refractivity (Wildman–Crippen MR) is 134 cm³/mol. The number of hydrogen-bond acceptors (Lipinski definition) is 6. The number of ether oxygens (including phenoxy) is 2. The molecule has 0 bridgehead atoms. The van der Waals surface area contributed by atoms with Crippen molar-refractivity contribution in [1.29, 1.82) is 0 Å². The minimum absolute atomic E-state index is 0.0183. The summed E-state index contributed by atoms with van der Waals surface area (Å²) in [6.07, 6.45) is 1.49. The van der Waals surface area contributed by atoms with E-state index in [9.17, 15) is 14.9 Å². The van der Waals surface area contributed by atoms with Crippen LogP contribution in [0.1, 0.15) is 23.6 Å². The number of amides is 2. The molecular formula is C24H23BrN4O5. The molecule has 9 nitrogen and oxygen atoms in total. The number of non-ortho nitro benzene ring substituents is 1. The van der Waals surface area contributed by atoms with Crippen molar-refractivity contribution < 1.29 is 19.2 Å². The molecule has 0 saturated heterocycles. The Morgan fingerprint density at radius 1 is 1.15 bits per heavy atom. The number of hydrazone groups is 1. The summed E-state index contributed by atoms with van der Waals surface area (Å²) < 4.78 is 12.3. The minimum atomic E-state index is -0.460. The van der Waals surface area contributed by atoms with Crippen LogP contribution in [0.25, 0.3) is 0 Å². The lowest BCUT2D eigenvalue weighted by molar-refractivity contribution is -0.384. The van der Waals surface area contributed by atoms with Crippen molar-refractivity contribution >= 4 is 39.6 Å². The molecule has 0 spiro atoms. The average Bonchev–Trinajstić information content (AvgIpc) is 2.80. The maximum atomic E-state index is 12.1. The Bertz CT molecular complexity index is 1200. The lowest BCUT2D eigenvalue weighted by Crippen LogP contribution is -2.24. The zero-order chi connectivity index (χ0) is 24.5. The van der Waals surface area contributed by atoms with Gasteiger partial charge in [-0.25, -0.2) is 10.2 Å². The highest BCUT2D eigenvalue weighted by Gasteiger charge is 2.13. The molecule has 0 heterocycles.